The Morgan fingerprint density at radius 3 is 1.58 bits per heavy atom. The van der Waals surface area contributed by atoms with Gasteiger partial charge in [-0.25, -0.2) is 0 Å². The molecule has 0 fully saturated rings. The maximum atomic E-state index is 9.87. The van der Waals surface area contributed by atoms with Crippen LogP contribution in [0, 0.1) is 11.8 Å². The first kappa shape index (κ1) is 17.0. The van der Waals surface area contributed by atoms with Crippen molar-refractivity contribution in [2.75, 3.05) is 27.4 Å². The number of methoxy groups -OCH3 is 2. The van der Waals surface area contributed by atoms with Gasteiger partial charge in [-0.05, 0) is 36.4 Å². The van der Waals surface area contributed by atoms with Gasteiger partial charge in [0.25, 0.3) is 0 Å². The fraction of sp³-hybridized carbons (Fsp3) is 0.400. The fourth-order valence-electron chi connectivity index (χ4n) is 4.09. The van der Waals surface area contributed by atoms with E-state index in [4.69, 9.17) is 18.9 Å². The lowest BCUT2D eigenvalue weighted by Crippen LogP contribution is -2.41. The van der Waals surface area contributed by atoms with Gasteiger partial charge in [-0.15, -0.1) is 0 Å². The second kappa shape index (κ2) is 6.70. The van der Waals surface area contributed by atoms with Gasteiger partial charge in [0.1, 0.15) is 23.0 Å². The Morgan fingerprint density at radius 2 is 1.19 bits per heavy atom. The van der Waals surface area contributed by atoms with Gasteiger partial charge in [0.15, 0.2) is 0 Å². The van der Waals surface area contributed by atoms with Gasteiger partial charge in [0.2, 0.25) is 0 Å². The number of phenols is 2. The molecule has 0 radical (unpaired) electrons. The van der Waals surface area contributed by atoms with Crippen molar-refractivity contribution < 1.29 is 29.2 Å². The summed E-state index contributed by atoms with van der Waals surface area (Å²) in [5.74, 6) is 1.72. The largest absolute Gasteiger partial charge is 0.508 e. The quantitative estimate of drug-likeness (QED) is 0.877. The summed E-state index contributed by atoms with van der Waals surface area (Å²) in [6, 6.07) is 10.1. The molecule has 2 aliphatic rings. The van der Waals surface area contributed by atoms with Crippen molar-refractivity contribution in [2.45, 2.75) is 12.2 Å². The number of rotatable bonds is 3. The number of ether oxygens (including phenoxy) is 4. The third-order valence-corrected chi connectivity index (χ3v) is 5.30. The number of fused-ring (bicyclic) bond motifs is 2. The number of phenolic OH excluding ortho intramolecular Hbond substituents is 2. The summed E-state index contributed by atoms with van der Waals surface area (Å²) >= 11 is 0. The highest BCUT2D eigenvalue weighted by molar-refractivity contribution is 5.45. The maximum Gasteiger partial charge on any atom is 0.125 e. The second-order valence-electron chi connectivity index (χ2n) is 6.71. The predicted octanol–water partition coefficient (Wildman–Crippen LogP) is 3.19. The van der Waals surface area contributed by atoms with Gasteiger partial charge >= 0.3 is 0 Å². The van der Waals surface area contributed by atoms with Crippen LogP contribution in [0.4, 0.5) is 0 Å². The molecule has 0 aromatic heterocycles. The highest BCUT2D eigenvalue weighted by Crippen LogP contribution is 2.49. The van der Waals surface area contributed by atoms with Crippen LogP contribution in [-0.4, -0.2) is 37.6 Å². The van der Waals surface area contributed by atoms with Gasteiger partial charge < -0.3 is 29.2 Å². The maximum absolute atomic E-state index is 9.87. The van der Waals surface area contributed by atoms with Crippen LogP contribution < -0.4 is 9.47 Å². The van der Waals surface area contributed by atoms with E-state index in [2.05, 4.69) is 0 Å². The van der Waals surface area contributed by atoms with Crippen molar-refractivity contribution in [1.82, 2.24) is 0 Å². The van der Waals surface area contributed by atoms with E-state index in [0.717, 1.165) is 22.6 Å². The minimum atomic E-state index is -0.254. The molecule has 2 aromatic rings. The molecule has 6 heteroatoms. The van der Waals surface area contributed by atoms with Crippen molar-refractivity contribution >= 4 is 0 Å². The van der Waals surface area contributed by atoms with E-state index in [0.29, 0.717) is 13.2 Å². The Kier molecular flexibility index (Phi) is 4.38. The van der Waals surface area contributed by atoms with E-state index in [9.17, 15) is 10.2 Å². The first-order valence-corrected chi connectivity index (χ1v) is 8.59. The molecule has 0 aliphatic carbocycles. The molecule has 0 bridgehead atoms. The summed E-state index contributed by atoms with van der Waals surface area (Å²) in [4.78, 5) is 0. The zero-order valence-corrected chi connectivity index (χ0v) is 14.7. The molecular weight excluding hydrogens is 336 g/mol. The van der Waals surface area contributed by atoms with Crippen molar-refractivity contribution in [3.63, 3.8) is 0 Å². The smallest absolute Gasteiger partial charge is 0.125 e. The normalized spacial score (nSPS) is 27.0. The van der Waals surface area contributed by atoms with Crippen LogP contribution >= 0.6 is 0 Å². The molecule has 2 aliphatic heterocycles. The van der Waals surface area contributed by atoms with E-state index in [1.54, 1.807) is 50.6 Å². The Balaban J connectivity index is 1.70. The van der Waals surface area contributed by atoms with E-state index in [1.165, 1.54) is 0 Å². The zero-order chi connectivity index (χ0) is 18.3. The van der Waals surface area contributed by atoms with Crippen LogP contribution in [0.5, 0.6) is 23.0 Å². The molecule has 4 rings (SSSR count). The number of hydrogen-bond acceptors (Lipinski definition) is 6. The zero-order valence-electron chi connectivity index (χ0n) is 14.7. The summed E-state index contributed by atoms with van der Waals surface area (Å²) in [7, 11) is 3.31. The molecule has 0 spiro atoms. The molecule has 2 heterocycles. The van der Waals surface area contributed by atoms with Gasteiger partial charge in [-0.1, -0.05) is 0 Å². The first-order valence-electron chi connectivity index (χ1n) is 8.59. The summed E-state index contributed by atoms with van der Waals surface area (Å²) in [5, 5.41) is 19.7. The summed E-state index contributed by atoms with van der Waals surface area (Å²) in [6.07, 6.45) is -0.507. The van der Waals surface area contributed by atoms with Gasteiger partial charge in [0, 0.05) is 37.2 Å². The molecular formula is C20H22O6. The minimum absolute atomic E-state index is 0.0326. The molecule has 0 saturated carbocycles. The molecule has 0 amide bonds. The molecule has 4 atom stereocenters. The lowest BCUT2D eigenvalue weighted by molar-refractivity contribution is -0.0815. The van der Waals surface area contributed by atoms with Crippen molar-refractivity contribution in [1.29, 1.82) is 0 Å². The number of aromatic hydroxyl groups is 2. The van der Waals surface area contributed by atoms with E-state index < -0.39 is 0 Å². The average molecular weight is 358 g/mol. The van der Waals surface area contributed by atoms with Gasteiger partial charge in [-0.3, -0.25) is 0 Å². The third-order valence-electron chi connectivity index (χ3n) is 5.30. The topological polar surface area (TPSA) is 77.4 Å². The summed E-state index contributed by atoms with van der Waals surface area (Å²) in [5.41, 5.74) is 1.64. The van der Waals surface area contributed by atoms with Crippen molar-refractivity contribution in [3.05, 3.63) is 47.5 Å². The van der Waals surface area contributed by atoms with Crippen LogP contribution in [0.15, 0.2) is 36.4 Å². The van der Waals surface area contributed by atoms with E-state index in [-0.39, 0.29) is 35.5 Å². The Bertz CT molecular complexity index is 737. The first-order chi connectivity index (χ1) is 12.6. The molecule has 26 heavy (non-hydrogen) atoms. The molecule has 138 valence electrons. The van der Waals surface area contributed by atoms with Crippen LogP contribution in [0.1, 0.15) is 23.3 Å². The molecule has 0 unspecified atom stereocenters. The molecule has 6 nitrogen and oxygen atoms in total. The third kappa shape index (κ3) is 2.75. The predicted molar refractivity (Wildman–Crippen MR) is 93.7 cm³/mol. The summed E-state index contributed by atoms with van der Waals surface area (Å²) in [6.45, 7) is 0.913. The second-order valence-corrected chi connectivity index (χ2v) is 6.71. The van der Waals surface area contributed by atoms with E-state index >= 15 is 0 Å². The van der Waals surface area contributed by atoms with Crippen LogP contribution in [-0.2, 0) is 9.47 Å². The average Bonchev–Trinajstić information content (AvgIpc) is 2.65. The standard InChI is InChI=1S/C20H22O6/c1-23-19-13-7-11(21)3-5-17(13)25-9-15(19)16-10-26-18-6-4-12(22)8-14(18)20(16)24-2/h3-8,15-16,19-22H,9-10H2,1-2H3/t15-,16-,19-,20-/m0/s1. The minimum Gasteiger partial charge on any atom is -0.508 e. The SMILES string of the molecule is CO[C@H]1c2cc(O)ccc2OC[C@H]1[C@@H]1COc2ccc(O)cc2[C@@H]1OC. The number of benzene rings is 2. The Hall–Kier alpha value is -2.44. The van der Waals surface area contributed by atoms with Gasteiger partial charge in [-0.2, -0.15) is 0 Å². The summed E-state index contributed by atoms with van der Waals surface area (Å²) < 4.78 is 23.4. The van der Waals surface area contributed by atoms with Crippen LogP contribution in [0.3, 0.4) is 0 Å². The Labute approximate surface area is 151 Å². The fourth-order valence-corrected chi connectivity index (χ4v) is 4.09. The Morgan fingerprint density at radius 1 is 0.769 bits per heavy atom. The lowest BCUT2D eigenvalue weighted by atomic mass is 9.77. The lowest BCUT2D eigenvalue weighted by Gasteiger charge is -2.42. The van der Waals surface area contributed by atoms with Gasteiger partial charge in [0.05, 0.1) is 25.4 Å². The molecule has 2 N–H and O–H groups in total. The van der Waals surface area contributed by atoms with Crippen LogP contribution in [0.2, 0.25) is 0 Å². The van der Waals surface area contributed by atoms with E-state index in [1.807, 2.05) is 0 Å². The molecule has 0 saturated heterocycles. The highest BCUT2D eigenvalue weighted by atomic mass is 16.5. The monoisotopic (exact) mass is 358 g/mol. The van der Waals surface area contributed by atoms with Crippen molar-refractivity contribution in [3.8, 4) is 23.0 Å². The molecule has 2 aromatic carbocycles. The highest BCUT2D eigenvalue weighted by Gasteiger charge is 2.44. The van der Waals surface area contributed by atoms with Crippen LogP contribution in [0.25, 0.3) is 0 Å². The van der Waals surface area contributed by atoms with Crippen molar-refractivity contribution in [2.24, 2.45) is 11.8 Å². The number of hydrogen-bond donors (Lipinski definition) is 2.